The van der Waals surface area contributed by atoms with Gasteiger partial charge >= 0.3 is 5.69 Å². The lowest BCUT2D eigenvalue weighted by atomic mass is 10.1. The third kappa shape index (κ3) is 4.15. The first-order valence-corrected chi connectivity index (χ1v) is 11.4. The highest BCUT2D eigenvalue weighted by molar-refractivity contribution is 5.92. The maximum atomic E-state index is 13.4. The molecular weight excluding hydrogens is 458 g/mol. The Kier molecular flexibility index (Phi) is 5.89. The van der Waals surface area contributed by atoms with Crippen molar-refractivity contribution in [1.82, 2.24) is 19.2 Å². The van der Waals surface area contributed by atoms with Gasteiger partial charge in [0.25, 0.3) is 5.88 Å². The summed E-state index contributed by atoms with van der Waals surface area (Å²) in [4.78, 5) is 30.9. The Balaban J connectivity index is 1.57. The number of carbonyl (C=O) groups excluding carboxylic acids is 1. The number of hydrogen-bond donors (Lipinski definition) is 1. The van der Waals surface area contributed by atoms with Crippen molar-refractivity contribution in [2.75, 3.05) is 12.4 Å². The maximum Gasteiger partial charge on any atom is 0.351 e. The molecule has 2 heterocycles. The molecule has 0 fully saturated rings. The highest BCUT2D eigenvalue weighted by atomic mass is 16.5. The lowest BCUT2D eigenvalue weighted by Gasteiger charge is -2.11. The van der Waals surface area contributed by atoms with Gasteiger partial charge in [-0.15, -0.1) is 5.10 Å². The first-order chi connectivity index (χ1) is 17.4. The minimum atomic E-state index is -0.472. The van der Waals surface area contributed by atoms with Crippen molar-refractivity contribution >= 4 is 28.3 Å². The topological polar surface area (TPSA) is 99.8 Å². The minimum absolute atomic E-state index is 0.180. The average molecular weight is 484 g/mol. The van der Waals surface area contributed by atoms with Crippen LogP contribution in [0, 0.1) is 20.8 Å². The van der Waals surface area contributed by atoms with Crippen LogP contribution in [0.25, 0.3) is 16.7 Å². The number of aryl methyl sites for hydroxylation is 2. The summed E-state index contributed by atoms with van der Waals surface area (Å²) in [6.45, 7) is 5.57. The molecule has 5 rings (SSSR count). The van der Waals surface area contributed by atoms with Crippen molar-refractivity contribution in [3.8, 4) is 17.4 Å². The van der Waals surface area contributed by atoms with E-state index >= 15 is 0 Å². The first-order valence-electron chi connectivity index (χ1n) is 11.4. The molecule has 0 unspecified atom stereocenters. The normalized spacial score (nSPS) is 11.1. The monoisotopic (exact) mass is 483 g/mol. The number of rotatable bonds is 6. The molecule has 0 aliphatic heterocycles. The van der Waals surface area contributed by atoms with Gasteiger partial charge < -0.3 is 14.8 Å². The standard InChI is InChI=1S/C27H25N5O4/c1-16-12-13-23(35-4)20(14-16)28-24(33)15-31-27(34)32-21-10-6-5-9-19(21)29-26(25(32)30-31)36-22-11-7-8-17(2)18(22)3/h5-14H,15H2,1-4H3,(H,28,33). The van der Waals surface area contributed by atoms with Crippen molar-refractivity contribution in [2.24, 2.45) is 0 Å². The highest BCUT2D eigenvalue weighted by Crippen LogP contribution is 2.29. The molecule has 1 N–H and O–H groups in total. The summed E-state index contributed by atoms with van der Waals surface area (Å²) in [5.41, 5.74) is 4.39. The number of ether oxygens (including phenoxy) is 2. The second-order valence-electron chi connectivity index (χ2n) is 8.56. The van der Waals surface area contributed by atoms with E-state index in [0.717, 1.165) is 21.4 Å². The molecule has 0 atom stereocenters. The number of fused-ring (bicyclic) bond motifs is 3. The van der Waals surface area contributed by atoms with Crippen LogP contribution >= 0.6 is 0 Å². The fraction of sp³-hybridized carbons (Fsp3) is 0.185. The molecule has 5 aromatic rings. The molecule has 0 aliphatic rings. The Morgan fingerprint density at radius 3 is 2.61 bits per heavy atom. The molecule has 182 valence electrons. The number of anilines is 1. The molecule has 0 saturated carbocycles. The molecule has 1 amide bonds. The van der Waals surface area contributed by atoms with Gasteiger partial charge in [0, 0.05) is 0 Å². The van der Waals surface area contributed by atoms with E-state index in [-0.39, 0.29) is 18.1 Å². The zero-order valence-corrected chi connectivity index (χ0v) is 20.4. The van der Waals surface area contributed by atoms with Crippen molar-refractivity contribution in [3.63, 3.8) is 0 Å². The quantitative estimate of drug-likeness (QED) is 0.384. The zero-order valence-electron chi connectivity index (χ0n) is 20.4. The van der Waals surface area contributed by atoms with E-state index in [9.17, 15) is 9.59 Å². The summed E-state index contributed by atoms with van der Waals surface area (Å²) >= 11 is 0. The number of nitrogens with zero attached hydrogens (tertiary/aromatic N) is 4. The Hall–Kier alpha value is -4.66. The van der Waals surface area contributed by atoms with Crippen LogP contribution < -0.4 is 20.5 Å². The van der Waals surface area contributed by atoms with Crippen molar-refractivity contribution in [1.29, 1.82) is 0 Å². The van der Waals surface area contributed by atoms with E-state index in [1.54, 1.807) is 24.3 Å². The molecule has 2 aromatic heterocycles. The highest BCUT2D eigenvalue weighted by Gasteiger charge is 2.20. The number of para-hydroxylation sites is 2. The van der Waals surface area contributed by atoms with Crippen LogP contribution in [-0.2, 0) is 11.3 Å². The number of carbonyl (C=O) groups is 1. The molecular formula is C27H25N5O4. The molecule has 0 bridgehead atoms. The molecule has 0 radical (unpaired) electrons. The molecule has 9 heteroatoms. The van der Waals surface area contributed by atoms with Crippen LogP contribution in [0.2, 0.25) is 0 Å². The number of methoxy groups -OCH3 is 1. The predicted octanol–water partition coefficient (Wildman–Crippen LogP) is 4.41. The summed E-state index contributed by atoms with van der Waals surface area (Å²) in [6, 6.07) is 18.4. The Labute approximate surface area is 206 Å². The van der Waals surface area contributed by atoms with Gasteiger partial charge in [0.2, 0.25) is 11.6 Å². The van der Waals surface area contributed by atoms with Gasteiger partial charge in [-0.05, 0) is 67.8 Å². The van der Waals surface area contributed by atoms with E-state index in [0.29, 0.717) is 28.2 Å². The van der Waals surface area contributed by atoms with Crippen LogP contribution in [0.3, 0.4) is 0 Å². The fourth-order valence-corrected chi connectivity index (χ4v) is 4.03. The first kappa shape index (κ1) is 23.1. The fourth-order valence-electron chi connectivity index (χ4n) is 4.03. The van der Waals surface area contributed by atoms with E-state index in [1.165, 1.54) is 11.5 Å². The van der Waals surface area contributed by atoms with E-state index in [4.69, 9.17) is 9.47 Å². The van der Waals surface area contributed by atoms with Crippen LogP contribution in [-0.4, -0.2) is 32.2 Å². The Morgan fingerprint density at radius 2 is 1.81 bits per heavy atom. The van der Waals surface area contributed by atoms with Gasteiger partial charge in [-0.2, -0.15) is 0 Å². The number of benzene rings is 3. The largest absolute Gasteiger partial charge is 0.495 e. The molecule has 0 spiro atoms. The van der Waals surface area contributed by atoms with Crippen LogP contribution in [0.1, 0.15) is 16.7 Å². The minimum Gasteiger partial charge on any atom is -0.495 e. The molecule has 3 aromatic carbocycles. The Morgan fingerprint density at radius 1 is 1.00 bits per heavy atom. The van der Waals surface area contributed by atoms with E-state index < -0.39 is 11.6 Å². The van der Waals surface area contributed by atoms with Crippen LogP contribution in [0.4, 0.5) is 5.69 Å². The number of nitrogens with one attached hydrogen (secondary N) is 1. The zero-order chi connectivity index (χ0) is 25.4. The summed E-state index contributed by atoms with van der Waals surface area (Å²) < 4.78 is 14.0. The molecule has 36 heavy (non-hydrogen) atoms. The third-order valence-electron chi connectivity index (χ3n) is 6.06. The summed E-state index contributed by atoms with van der Waals surface area (Å²) in [5.74, 6) is 0.902. The molecule has 0 saturated heterocycles. The second kappa shape index (κ2) is 9.18. The van der Waals surface area contributed by atoms with Crippen molar-refractivity contribution in [3.05, 3.63) is 87.8 Å². The summed E-state index contributed by atoms with van der Waals surface area (Å²) in [7, 11) is 1.53. The number of amides is 1. The Bertz CT molecular complexity index is 1690. The average Bonchev–Trinajstić information content (AvgIpc) is 3.18. The second-order valence-corrected chi connectivity index (χ2v) is 8.56. The van der Waals surface area contributed by atoms with Gasteiger partial charge in [0.05, 0.1) is 23.8 Å². The maximum absolute atomic E-state index is 13.4. The summed E-state index contributed by atoms with van der Waals surface area (Å²) in [5, 5.41) is 7.25. The predicted molar refractivity (Wildman–Crippen MR) is 137 cm³/mol. The van der Waals surface area contributed by atoms with Gasteiger partial charge in [0.15, 0.2) is 0 Å². The third-order valence-corrected chi connectivity index (χ3v) is 6.06. The molecule has 0 aliphatic carbocycles. The SMILES string of the molecule is COc1ccc(C)cc1NC(=O)Cn1nc2c(Oc3cccc(C)c3C)nc3ccccc3n2c1=O. The lowest BCUT2D eigenvalue weighted by Crippen LogP contribution is -2.28. The lowest BCUT2D eigenvalue weighted by molar-refractivity contribution is -0.117. The number of hydrogen-bond acceptors (Lipinski definition) is 6. The summed E-state index contributed by atoms with van der Waals surface area (Å²) in [6.07, 6.45) is 0. The number of aromatic nitrogens is 4. The van der Waals surface area contributed by atoms with Gasteiger partial charge in [-0.25, -0.2) is 18.9 Å². The smallest absolute Gasteiger partial charge is 0.351 e. The van der Waals surface area contributed by atoms with Crippen molar-refractivity contribution in [2.45, 2.75) is 27.3 Å². The van der Waals surface area contributed by atoms with Gasteiger partial charge in [-0.1, -0.05) is 30.3 Å². The van der Waals surface area contributed by atoms with Gasteiger partial charge in [-0.3, -0.25) is 4.79 Å². The molecule has 9 nitrogen and oxygen atoms in total. The van der Waals surface area contributed by atoms with Crippen LogP contribution in [0.5, 0.6) is 17.4 Å². The van der Waals surface area contributed by atoms with Crippen LogP contribution in [0.15, 0.2) is 65.5 Å². The van der Waals surface area contributed by atoms with E-state index in [2.05, 4.69) is 15.4 Å². The van der Waals surface area contributed by atoms with Gasteiger partial charge in [0.1, 0.15) is 18.0 Å². The van der Waals surface area contributed by atoms with Crippen molar-refractivity contribution < 1.29 is 14.3 Å². The van der Waals surface area contributed by atoms with E-state index in [1.807, 2.05) is 57.2 Å².